The van der Waals surface area contributed by atoms with Crippen LogP contribution in [0.15, 0.2) is 54.6 Å². The number of aryl methyl sites for hydroxylation is 1. The van der Waals surface area contributed by atoms with Gasteiger partial charge in [-0.15, -0.1) is 0 Å². The first kappa shape index (κ1) is 21.2. The second kappa shape index (κ2) is 9.85. The number of morpholine rings is 1. The lowest BCUT2D eigenvalue weighted by atomic mass is 10.1. The topological polar surface area (TPSA) is 62.3 Å². The van der Waals surface area contributed by atoms with E-state index in [4.69, 9.17) is 26.9 Å². The van der Waals surface area contributed by atoms with Crippen LogP contribution in [-0.2, 0) is 11.2 Å². The molecule has 0 aliphatic carbocycles. The van der Waals surface area contributed by atoms with Crippen LogP contribution in [0.2, 0.25) is 0 Å². The maximum Gasteiger partial charge on any atom is 0.175 e. The van der Waals surface area contributed by atoms with Gasteiger partial charge in [0.15, 0.2) is 10.9 Å². The highest BCUT2D eigenvalue weighted by Crippen LogP contribution is 2.26. The molecule has 1 saturated heterocycles. The van der Waals surface area contributed by atoms with Gasteiger partial charge in [0.25, 0.3) is 0 Å². The molecule has 7 heteroatoms. The van der Waals surface area contributed by atoms with E-state index in [1.165, 1.54) is 0 Å². The Kier molecular flexibility index (Phi) is 6.74. The van der Waals surface area contributed by atoms with E-state index >= 15 is 0 Å². The van der Waals surface area contributed by atoms with Gasteiger partial charge in [-0.1, -0.05) is 25.1 Å². The molecule has 3 aromatic rings. The number of nitrogens with zero attached hydrogens (tertiary/aromatic N) is 3. The Morgan fingerprint density at radius 2 is 1.61 bits per heavy atom. The second-order valence-electron chi connectivity index (χ2n) is 7.42. The summed E-state index contributed by atoms with van der Waals surface area (Å²) in [4.78, 5) is 12.1. The Labute approximate surface area is 188 Å². The molecule has 0 atom stereocenters. The molecule has 0 unspecified atom stereocenters. The summed E-state index contributed by atoms with van der Waals surface area (Å²) in [5.41, 5.74) is 5.09. The largest absolute Gasteiger partial charge is 0.378 e. The van der Waals surface area contributed by atoms with Crippen molar-refractivity contribution in [1.29, 1.82) is 0 Å². The Morgan fingerprint density at radius 3 is 2.26 bits per heavy atom. The van der Waals surface area contributed by atoms with Crippen molar-refractivity contribution in [2.24, 2.45) is 0 Å². The lowest BCUT2D eigenvalue weighted by molar-refractivity contribution is 0.122. The van der Waals surface area contributed by atoms with Gasteiger partial charge in [-0.2, -0.15) is 0 Å². The maximum atomic E-state index is 5.51. The number of hydrogen-bond acceptors (Lipinski definition) is 5. The van der Waals surface area contributed by atoms with Crippen molar-refractivity contribution in [3.63, 3.8) is 0 Å². The predicted molar refractivity (Wildman–Crippen MR) is 131 cm³/mol. The smallest absolute Gasteiger partial charge is 0.175 e. The zero-order valence-corrected chi connectivity index (χ0v) is 18.7. The molecule has 2 heterocycles. The van der Waals surface area contributed by atoms with Crippen LogP contribution in [0.3, 0.4) is 0 Å². The van der Waals surface area contributed by atoms with Crippen LogP contribution in [0.5, 0.6) is 0 Å². The number of benzene rings is 2. The van der Waals surface area contributed by atoms with E-state index < -0.39 is 0 Å². The summed E-state index contributed by atoms with van der Waals surface area (Å²) in [6.45, 7) is 7.43. The van der Waals surface area contributed by atoms with E-state index in [0.717, 1.165) is 72.6 Å². The van der Waals surface area contributed by atoms with Gasteiger partial charge >= 0.3 is 0 Å². The molecule has 1 aliphatic heterocycles. The van der Waals surface area contributed by atoms with Gasteiger partial charge < -0.3 is 20.3 Å². The van der Waals surface area contributed by atoms with Gasteiger partial charge in [-0.25, -0.2) is 9.97 Å². The Hall–Kier alpha value is -3.03. The van der Waals surface area contributed by atoms with Gasteiger partial charge in [-0.3, -0.25) is 0 Å². The first-order chi connectivity index (χ1) is 15.1. The third-order valence-electron chi connectivity index (χ3n) is 5.30. The first-order valence-corrected chi connectivity index (χ1v) is 11.0. The fourth-order valence-corrected chi connectivity index (χ4v) is 3.86. The first-order valence-electron chi connectivity index (χ1n) is 10.6. The summed E-state index contributed by atoms with van der Waals surface area (Å²) in [6.07, 6.45) is 0.873. The van der Waals surface area contributed by atoms with Crippen LogP contribution in [0.25, 0.3) is 11.4 Å². The Morgan fingerprint density at radius 1 is 0.968 bits per heavy atom. The van der Waals surface area contributed by atoms with Crippen molar-refractivity contribution in [2.45, 2.75) is 20.3 Å². The van der Waals surface area contributed by atoms with E-state index in [2.05, 4.69) is 29.4 Å². The molecule has 1 aromatic heterocycles. The fraction of sp³-hybridized carbons (Fsp3) is 0.292. The molecule has 0 amide bonds. The number of anilines is 3. The van der Waals surface area contributed by atoms with Gasteiger partial charge in [0.1, 0.15) is 5.82 Å². The van der Waals surface area contributed by atoms with Crippen molar-refractivity contribution < 1.29 is 4.74 Å². The lowest BCUT2D eigenvalue weighted by Gasteiger charge is -2.29. The summed E-state index contributed by atoms with van der Waals surface area (Å²) in [5.74, 6) is 1.76. The minimum Gasteiger partial charge on any atom is -0.378 e. The molecule has 0 spiro atoms. The van der Waals surface area contributed by atoms with Crippen molar-refractivity contribution in [2.75, 3.05) is 41.8 Å². The monoisotopic (exact) mass is 433 g/mol. The summed E-state index contributed by atoms with van der Waals surface area (Å²) in [5, 5.41) is 6.95. The highest BCUT2D eigenvalue weighted by Gasteiger charge is 2.19. The van der Waals surface area contributed by atoms with Crippen molar-refractivity contribution in [3.8, 4) is 11.4 Å². The van der Waals surface area contributed by atoms with E-state index in [-0.39, 0.29) is 0 Å². The SMILES string of the molecule is CCc1nc(-c2ccc(NC(=S)Nc3ccccc3)cc2)nc(N2CCOCC2)c1C. The highest BCUT2D eigenvalue weighted by atomic mass is 32.1. The Balaban J connectivity index is 1.52. The molecule has 0 radical (unpaired) electrons. The number of aromatic nitrogens is 2. The molecule has 160 valence electrons. The summed E-state index contributed by atoms with van der Waals surface area (Å²) < 4.78 is 5.51. The molecule has 1 aliphatic rings. The molecule has 4 rings (SSSR count). The van der Waals surface area contributed by atoms with Crippen molar-refractivity contribution >= 4 is 34.5 Å². The third-order valence-corrected chi connectivity index (χ3v) is 5.50. The number of rotatable bonds is 5. The summed E-state index contributed by atoms with van der Waals surface area (Å²) in [6, 6.07) is 17.9. The zero-order valence-electron chi connectivity index (χ0n) is 17.9. The van der Waals surface area contributed by atoms with Crippen LogP contribution in [-0.4, -0.2) is 41.4 Å². The fourth-order valence-electron chi connectivity index (χ4n) is 3.62. The molecule has 6 nitrogen and oxygen atoms in total. The number of nitrogens with one attached hydrogen (secondary N) is 2. The highest BCUT2D eigenvalue weighted by molar-refractivity contribution is 7.80. The number of thiocarbonyl (C=S) groups is 1. The van der Waals surface area contributed by atoms with E-state index in [0.29, 0.717) is 5.11 Å². The second-order valence-corrected chi connectivity index (χ2v) is 7.83. The van der Waals surface area contributed by atoms with Crippen LogP contribution in [0, 0.1) is 6.92 Å². The van der Waals surface area contributed by atoms with Crippen LogP contribution >= 0.6 is 12.2 Å². The summed E-state index contributed by atoms with van der Waals surface area (Å²) in [7, 11) is 0. The van der Waals surface area contributed by atoms with Gasteiger partial charge in [0, 0.05) is 41.3 Å². The average molecular weight is 434 g/mol. The number of hydrogen-bond donors (Lipinski definition) is 2. The lowest BCUT2D eigenvalue weighted by Crippen LogP contribution is -2.37. The van der Waals surface area contributed by atoms with Crippen LogP contribution in [0.4, 0.5) is 17.2 Å². The number of ether oxygens (including phenoxy) is 1. The molecule has 2 aromatic carbocycles. The van der Waals surface area contributed by atoms with E-state index in [1.807, 2.05) is 54.6 Å². The summed E-state index contributed by atoms with van der Waals surface area (Å²) >= 11 is 5.42. The molecular weight excluding hydrogens is 406 g/mol. The standard InChI is InChI=1S/C24H27N5OS/c1-3-21-17(2)23(29-13-15-30-16-14-29)28-22(27-21)18-9-11-20(12-10-18)26-24(31)25-19-7-5-4-6-8-19/h4-12H,3,13-16H2,1-2H3,(H2,25,26,31). The van der Waals surface area contributed by atoms with Gasteiger partial charge in [0.2, 0.25) is 0 Å². The van der Waals surface area contributed by atoms with Crippen LogP contribution in [0.1, 0.15) is 18.2 Å². The molecule has 0 saturated carbocycles. The minimum atomic E-state index is 0.549. The molecule has 0 bridgehead atoms. The van der Waals surface area contributed by atoms with E-state index in [1.54, 1.807) is 0 Å². The van der Waals surface area contributed by atoms with Crippen molar-refractivity contribution in [3.05, 3.63) is 65.9 Å². The number of para-hydroxylation sites is 1. The quantitative estimate of drug-likeness (QED) is 0.568. The van der Waals surface area contributed by atoms with Gasteiger partial charge in [0.05, 0.1) is 13.2 Å². The third kappa shape index (κ3) is 5.18. The Bertz CT molecular complexity index is 1030. The molecule has 1 fully saturated rings. The zero-order chi connectivity index (χ0) is 21.6. The maximum absolute atomic E-state index is 5.51. The molecular formula is C24H27N5OS. The average Bonchev–Trinajstić information content (AvgIpc) is 2.81. The van der Waals surface area contributed by atoms with Crippen LogP contribution < -0.4 is 15.5 Å². The van der Waals surface area contributed by atoms with E-state index in [9.17, 15) is 0 Å². The predicted octanol–water partition coefficient (Wildman–Crippen LogP) is 4.66. The van der Waals surface area contributed by atoms with Crippen molar-refractivity contribution in [1.82, 2.24) is 9.97 Å². The van der Waals surface area contributed by atoms with Gasteiger partial charge in [-0.05, 0) is 62.0 Å². The molecule has 31 heavy (non-hydrogen) atoms. The minimum absolute atomic E-state index is 0.549. The normalized spacial score (nSPS) is 13.7. The molecule has 2 N–H and O–H groups in total.